The van der Waals surface area contributed by atoms with E-state index in [9.17, 15) is 13.2 Å². The molecule has 0 aromatic heterocycles. The maximum Gasteiger partial charge on any atom is 0.256 e. The van der Waals surface area contributed by atoms with E-state index in [0.717, 1.165) is 0 Å². The van der Waals surface area contributed by atoms with Crippen molar-refractivity contribution in [3.05, 3.63) is 36.6 Å². The molecular weight excluding hydrogens is 254 g/mol. The van der Waals surface area contributed by atoms with Gasteiger partial charge in [-0.3, -0.25) is 4.79 Å². The van der Waals surface area contributed by atoms with Gasteiger partial charge in [-0.2, -0.15) is 0 Å². The molecule has 6 nitrogen and oxygen atoms in total. The molecule has 0 aliphatic carbocycles. The maximum absolute atomic E-state index is 11.7. The van der Waals surface area contributed by atoms with E-state index < -0.39 is 10.0 Å². The van der Waals surface area contributed by atoms with Gasteiger partial charge in [0.2, 0.25) is 0 Å². The first-order valence-electron chi connectivity index (χ1n) is 5.40. The lowest BCUT2D eigenvalue weighted by atomic mass is 10.2. The molecule has 1 amide bonds. The fourth-order valence-corrected chi connectivity index (χ4v) is 2.57. The molecule has 0 bridgehead atoms. The molecule has 1 N–H and O–H groups in total. The Hall–Kier alpha value is -1.89. The molecule has 2 rings (SSSR count). The van der Waals surface area contributed by atoms with Crippen LogP contribution in [0.2, 0.25) is 0 Å². The van der Waals surface area contributed by atoms with Crippen LogP contribution in [0.4, 0.5) is 0 Å². The highest BCUT2D eigenvalue weighted by Crippen LogP contribution is 2.15. The summed E-state index contributed by atoms with van der Waals surface area (Å²) >= 11 is 0. The smallest absolute Gasteiger partial charge is 0.256 e. The first-order valence-corrected chi connectivity index (χ1v) is 7.01. The minimum absolute atomic E-state index is 0.0393. The van der Waals surface area contributed by atoms with E-state index in [1.54, 1.807) is 23.3 Å². The lowest BCUT2D eigenvalue weighted by Crippen LogP contribution is -2.38. The highest BCUT2D eigenvalue weighted by Gasteiger charge is 2.24. The largest absolute Gasteiger partial charge is 0.349 e. The average Bonchev–Trinajstić information content (AvgIpc) is 2.34. The van der Waals surface area contributed by atoms with Crippen LogP contribution < -0.4 is 5.32 Å². The van der Waals surface area contributed by atoms with Gasteiger partial charge in [0.1, 0.15) is 5.84 Å². The molecule has 0 spiro atoms. The number of rotatable bonds is 3. The Balaban J connectivity index is 2.17. The summed E-state index contributed by atoms with van der Waals surface area (Å²) in [4.78, 5) is 13.4. The SMILES string of the molecule is C=CCNC(=O)C1=CN2CCS(=O)(=O)N=C2C=C1. The number of nitrogens with one attached hydrogen (secondary N) is 1. The zero-order valence-corrected chi connectivity index (χ0v) is 10.5. The molecule has 0 saturated heterocycles. The molecule has 0 saturated carbocycles. The third-order valence-corrected chi connectivity index (χ3v) is 3.66. The van der Waals surface area contributed by atoms with Crippen LogP contribution in [-0.2, 0) is 14.8 Å². The van der Waals surface area contributed by atoms with Crippen LogP contribution in [0, 0.1) is 0 Å². The Labute approximate surface area is 105 Å². The monoisotopic (exact) mass is 267 g/mol. The van der Waals surface area contributed by atoms with Crippen molar-refractivity contribution in [1.29, 1.82) is 0 Å². The van der Waals surface area contributed by atoms with Crippen molar-refractivity contribution in [2.24, 2.45) is 4.40 Å². The molecule has 2 heterocycles. The van der Waals surface area contributed by atoms with Crippen LogP contribution in [0.3, 0.4) is 0 Å². The maximum atomic E-state index is 11.7. The first-order chi connectivity index (χ1) is 8.52. The molecule has 2 aliphatic heterocycles. The molecular formula is C11H13N3O3S. The second-order valence-electron chi connectivity index (χ2n) is 3.85. The van der Waals surface area contributed by atoms with E-state index in [1.165, 1.54) is 6.08 Å². The van der Waals surface area contributed by atoms with Crippen molar-refractivity contribution < 1.29 is 13.2 Å². The van der Waals surface area contributed by atoms with Crippen LogP contribution in [0.15, 0.2) is 41.0 Å². The van der Waals surface area contributed by atoms with Gasteiger partial charge in [-0.25, -0.2) is 8.42 Å². The quantitative estimate of drug-likeness (QED) is 0.717. The summed E-state index contributed by atoms with van der Waals surface area (Å²) < 4.78 is 26.2. The highest BCUT2D eigenvalue weighted by atomic mass is 32.2. The van der Waals surface area contributed by atoms with Gasteiger partial charge in [-0.15, -0.1) is 11.0 Å². The molecule has 96 valence electrons. The molecule has 0 aromatic carbocycles. The Morgan fingerprint density at radius 3 is 3.06 bits per heavy atom. The summed E-state index contributed by atoms with van der Waals surface area (Å²) in [6.45, 7) is 4.21. The lowest BCUT2D eigenvalue weighted by Gasteiger charge is -2.26. The first kappa shape index (κ1) is 12.6. The van der Waals surface area contributed by atoms with E-state index in [1.807, 2.05) is 0 Å². The second-order valence-corrected chi connectivity index (χ2v) is 5.60. The minimum atomic E-state index is -3.35. The van der Waals surface area contributed by atoms with Crippen LogP contribution in [0.25, 0.3) is 0 Å². The van der Waals surface area contributed by atoms with Crippen molar-refractivity contribution in [3.8, 4) is 0 Å². The zero-order valence-electron chi connectivity index (χ0n) is 9.67. The molecule has 2 aliphatic rings. The molecule has 0 radical (unpaired) electrons. The number of fused-ring (bicyclic) bond motifs is 1. The summed E-state index contributed by atoms with van der Waals surface area (Å²) in [5, 5.41) is 2.65. The summed E-state index contributed by atoms with van der Waals surface area (Å²) in [5.74, 6) is 0.0859. The summed E-state index contributed by atoms with van der Waals surface area (Å²) in [6, 6.07) is 0. The van der Waals surface area contributed by atoms with Gasteiger partial charge in [-0.05, 0) is 12.2 Å². The lowest BCUT2D eigenvalue weighted by molar-refractivity contribution is -0.117. The van der Waals surface area contributed by atoms with Gasteiger partial charge >= 0.3 is 0 Å². The Morgan fingerprint density at radius 1 is 1.56 bits per heavy atom. The molecule has 0 atom stereocenters. The third-order valence-electron chi connectivity index (χ3n) is 2.49. The van der Waals surface area contributed by atoms with Gasteiger partial charge < -0.3 is 10.2 Å². The van der Waals surface area contributed by atoms with Crippen molar-refractivity contribution in [2.45, 2.75) is 0 Å². The predicted octanol–water partition coefficient (Wildman–Crippen LogP) is -0.214. The number of amides is 1. The molecule has 0 aromatic rings. The van der Waals surface area contributed by atoms with Crippen molar-refractivity contribution >= 4 is 21.8 Å². The van der Waals surface area contributed by atoms with Gasteiger partial charge in [0.15, 0.2) is 0 Å². The summed E-state index contributed by atoms with van der Waals surface area (Å²) in [5.41, 5.74) is 0.468. The second kappa shape index (κ2) is 4.77. The number of amidine groups is 1. The van der Waals surface area contributed by atoms with Crippen LogP contribution in [0.5, 0.6) is 0 Å². The van der Waals surface area contributed by atoms with Gasteiger partial charge in [0, 0.05) is 19.3 Å². The minimum Gasteiger partial charge on any atom is -0.349 e. The Kier molecular flexibility index (Phi) is 3.33. The number of hydrogen-bond acceptors (Lipinski definition) is 4. The Bertz CT molecular complexity index is 572. The number of carbonyl (C=O) groups excluding carboxylic acids is 1. The standard InChI is InChI=1S/C11H13N3O3S/c1-2-5-12-11(15)9-3-4-10-13-18(16,17)7-6-14(10)8-9/h2-4,8H,1,5-7H2,(H,12,15). The number of hydrogen-bond donors (Lipinski definition) is 1. The van der Waals surface area contributed by atoms with E-state index in [2.05, 4.69) is 16.3 Å². The van der Waals surface area contributed by atoms with Crippen molar-refractivity contribution in [1.82, 2.24) is 10.2 Å². The summed E-state index contributed by atoms with van der Waals surface area (Å²) in [7, 11) is -3.35. The zero-order chi connectivity index (χ0) is 13.2. The van der Waals surface area contributed by atoms with Gasteiger partial charge in [0.05, 0.1) is 11.3 Å². The molecule has 0 unspecified atom stereocenters. The normalized spacial score (nSPS) is 20.6. The van der Waals surface area contributed by atoms with E-state index >= 15 is 0 Å². The molecule has 0 fully saturated rings. The molecule has 7 heteroatoms. The number of sulfonamides is 1. The van der Waals surface area contributed by atoms with Crippen molar-refractivity contribution in [3.63, 3.8) is 0 Å². The fourth-order valence-electron chi connectivity index (χ4n) is 1.60. The van der Waals surface area contributed by atoms with Crippen LogP contribution >= 0.6 is 0 Å². The predicted molar refractivity (Wildman–Crippen MR) is 68.4 cm³/mol. The van der Waals surface area contributed by atoms with E-state index in [-0.39, 0.29) is 11.7 Å². The number of carbonyl (C=O) groups is 1. The number of nitrogens with zero attached hydrogens (tertiary/aromatic N) is 2. The average molecular weight is 267 g/mol. The highest BCUT2D eigenvalue weighted by molar-refractivity contribution is 7.90. The topological polar surface area (TPSA) is 78.8 Å². The van der Waals surface area contributed by atoms with Crippen molar-refractivity contribution in [2.75, 3.05) is 18.8 Å². The summed E-state index contributed by atoms with van der Waals surface area (Å²) in [6.07, 6.45) is 6.27. The van der Waals surface area contributed by atoms with Gasteiger partial charge in [0.25, 0.3) is 15.9 Å². The van der Waals surface area contributed by atoms with Crippen LogP contribution in [-0.4, -0.2) is 43.9 Å². The molecule has 18 heavy (non-hydrogen) atoms. The van der Waals surface area contributed by atoms with Gasteiger partial charge in [-0.1, -0.05) is 6.08 Å². The van der Waals surface area contributed by atoms with E-state index in [0.29, 0.717) is 24.5 Å². The van der Waals surface area contributed by atoms with Crippen LogP contribution in [0.1, 0.15) is 0 Å². The third kappa shape index (κ3) is 2.67. The fraction of sp³-hybridized carbons (Fsp3) is 0.273. The van der Waals surface area contributed by atoms with E-state index in [4.69, 9.17) is 0 Å². The Morgan fingerprint density at radius 2 is 2.33 bits per heavy atom.